The first kappa shape index (κ1) is 14.8. The molecule has 2 nitrogen and oxygen atoms in total. The van der Waals surface area contributed by atoms with Gasteiger partial charge in [0.05, 0.1) is 11.0 Å². The van der Waals surface area contributed by atoms with Crippen molar-refractivity contribution >= 4 is 11.0 Å². The van der Waals surface area contributed by atoms with Crippen LogP contribution in [0.3, 0.4) is 0 Å². The molecule has 0 aliphatic rings. The molecule has 3 aromatic rings. The molecular formula is C20H24N2. The predicted octanol–water partition coefficient (Wildman–Crippen LogP) is 4.92. The predicted molar refractivity (Wildman–Crippen MR) is 93.2 cm³/mol. The minimum absolute atomic E-state index is 0.297. The molecule has 2 heteroatoms. The van der Waals surface area contributed by atoms with Gasteiger partial charge in [-0.3, -0.25) is 0 Å². The van der Waals surface area contributed by atoms with Crippen molar-refractivity contribution in [1.29, 1.82) is 0 Å². The second-order valence-corrected chi connectivity index (χ2v) is 6.58. The second-order valence-electron chi connectivity index (χ2n) is 6.58. The topological polar surface area (TPSA) is 17.8 Å². The number of fused-ring (bicyclic) bond motifs is 1. The average Bonchev–Trinajstić information content (AvgIpc) is 2.84. The Morgan fingerprint density at radius 2 is 1.64 bits per heavy atom. The molecule has 0 spiro atoms. The normalized spacial score (nSPS) is 13.0. The first-order chi connectivity index (χ1) is 10.6. The van der Waals surface area contributed by atoms with E-state index >= 15 is 0 Å². The fourth-order valence-corrected chi connectivity index (χ4v) is 3.11. The van der Waals surface area contributed by atoms with Gasteiger partial charge in [0.1, 0.15) is 5.82 Å². The van der Waals surface area contributed by atoms with Crippen molar-refractivity contribution in [2.24, 2.45) is 13.0 Å². The number of imidazole rings is 1. The number of hydrogen-bond acceptors (Lipinski definition) is 1. The number of benzene rings is 2. The average molecular weight is 292 g/mol. The van der Waals surface area contributed by atoms with Crippen LogP contribution in [0.15, 0.2) is 48.5 Å². The van der Waals surface area contributed by atoms with Crippen LogP contribution >= 0.6 is 0 Å². The maximum atomic E-state index is 4.82. The van der Waals surface area contributed by atoms with E-state index in [9.17, 15) is 0 Å². The Labute approximate surface area is 132 Å². The summed E-state index contributed by atoms with van der Waals surface area (Å²) in [6.45, 7) is 6.75. The van der Waals surface area contributed by atoms with Gasteiger partial charge in [-0.25, -0.2) is 4.98 Å². The Hall–Kier alpha value is -2.09. The van der Waals surface area contributed by atoms with E-state index in [-0.39, 0.29) is 0 Å². The van der Waals surface area contributed by atoms with E-state index in [4.69, 9.17) is 4.98 Å². The van der Waals surface area contributed by atoms with Gasteiger partial charge in [-0.1, -0.05) is 57.2 Å². The lowest BCUT2D eigenvalue weighted by molar-refractivity contribution is 0.647. The zero-order valence-electron chi connectivity index (χ0n) is 13.9. The Morgan fingerprint density at radius 1 is 0.955 bits per heavy atom. The van der Waals surface area contributed by atoms with Crippen molar-refractivity contribution in [1.82, 2.24) is 9.55 Å². The second kappa shape index (κ2) is 5.96. The van der Waals surface area contributed by atoms with Gasteiger partial charge < -0.3 is 4.57 Å². The number of hydrogen-bond donors (Lipinski definition) is 0. The van der Waals surface area contributed by atoms with Crippen LogP contribution in [-0.2, 0) is 13.5 Å². The molecule has 0 aliphatic heterocycles. The van der Waals surface area contributed by atoms with E-state index in [0.29, 0.717) is 11.8 Å². The van der Waals surface area contributed by atoms with E-state index in [2.05, 4.69) is 74.9 Å². The third kappa shape index (κ3) is 2.78. The van der Waals surface area contributed by atoms with Crippen LogP contribution in [-0.4, -0.2) is 9.55 Å². The van der Waals surface area contributed by atoms with Crippen LogP contribution in [0, 0.1) is 5.92 Å². The molecule has 0 aliphatic carbocycles. The summed E-state index contributed by atoms with van der Waals surface area (Å²) in [6, 6.07) is 17.3. The van der Waals surface area contributed by atoms with Crippen molar-refractivity contribution in [3.8, 4) is 0 Å². The molecule has 1 aromatic heterocycles. The van der Waals surface area contributed by atoms with Gasteiger partial charge in [0.15, 0.2) is 0 Å². The first-order valence-corrected chi connectivity index (χ1v) is 8.06. The third-order valence-corrected chi connectivity index (χ3v) is 4.33. The summed E-state index contributed by atoms with van der Waals surface area (Å²) in [5, 5.41) is 0. The molecule has 0 radical (unpaired) electrons. The summed E-state index contributed by atoms with van der Waals surface area (Å²) < 4.78 is 2.21. The molecule has 0 bridgehead atoms. The first-order valence-electron chi connectivity index (χ1n) is 8.06. The minimum atomic E-state index is 0.297. The van der Waals surface area contributed by atoms with E-state index in [1.54, 1.807) is 0 Å². The molecule has 0 saturated heterocycles. The summed E-state index contributed by atoms with van der Waals surface area (Å²) in [4.78, 5) is 4.82. The molecule has 0 N–H and O–H groups in total. The van der Waals surface area contributed by atoms with E-state index in [1.165, 1.54) is 16.6 Å². The summed E-state index contributed by atoms with van der Waals surface area (Å²) in [7, 11) is 2.11. The molecule has 3 rings (SSSR count). The van der Waals surface area contributed by atoms with Crippen LogP contribution in [0.4, 0.5) is 0 Å². The van der Waals surface area contributed by atoms with Crippen molar-refractivity contribution in [3.63, 3.8) is 0 Å². The minimum Gasteiger partial charge on any atom is -0.331 e. The number of aromatic nitrogens is 2. The van der Waals surface area contributed by atoms with Crippen LogP contribution in [0.1, 0.15) is 43.6 Å². The zero-order chi connectivity index (χ0) is 15.7. The summed E-state index contributed by atoms with van der Waals surface area (Å²) in [6.07, 6.45) is 1.14. The molecule has 0 fully saturated rings. The highest BCUT2D eigenvalue weighted by Gasteiger charge is 2.16. The van der Waals surface area contributed by atoms with Crippen molar-refractivity contribution in [2.45, 2.75) is 33.1 Å². The molecule has 2 aromatic carbocycles. The summed E-state index contributed by atoms with van der Waals surface area (Å²) in [5.41, 5.74) is 5.01. The lowest BCUT2D eigenvalue weighted by Gasteiger charge is -2.13. The molecule has 0 amide bonds. The molecule has 1 atom stereocenters. The standard InChI is InChI=1S/C20H24N2/c1-14(2)13-16-9-11-17(12-10-16)15(3)20-21-18-7-5-6-8-19(18)22(20)4/h5-12,14-15H,13H2,1-4H3. The lowest BCUT2D eigenvalue weighted by Crippen LogP contribution is -2.05. The third-order valence-electron chi connectivity index (χ3n) is 4.33. The number of aryl methyl sites for hydroxylation is 1. The summed E-state index contributed by atoms with van der Waals surface area (Å²) in [5.74, 6) is 2.12. The van der Waals surface area contributed by atoms with Gasteiger partial charge in [-0.15, -0.1) is 0 Å². The van der Waals surface area contributed by atoms with Crippen molar-refractivity contribution < 1.29 is 0 Å². The van der Waals surface area contributed by atoms with E-state index in [0.717, 1.165) is 17.8 Å². The Kier molecular flexibility index (Phi) is 4.02. The SMILES string of the molecule is CC(C)Cc1ccc(C(C)c2nc3ccccc3n2C)cc1. The quantitative estimate of drug-likeness (QED) is 0.667. The Morgan fingerprint density at radius 3 is 2.27 bits per heavy atom. The number of nitrogens with zero attached hydrogens (tertiary/aromatic N) is 2. The highest BCUT2D eigenvalue weighted by molar-refractivity contribution is 5.76. The summed E-state index contributed by atoms with van der Waals surface area (Å²) >= 11 is 0. The molecule has 1 unspecified atom stereocenters. The molecule has 1 heterocycles. The molecule has 0 saturated carbocycles. The van der Waals surface area contributed by atoms with Crippen molar-refractivity contribution in [2.75, 3.05) is 0 Å². The monoisotopic (exact) mass is 292 g/mol. The van der Waals surface area contributed by atoms with Crippen LogP contribution in [0.25, 0.3) is 11.0 Å². The van der Waals surface area contributed by atoms with Gasteiger partial charge in [-0.2, -0.15) is 0 Å². The maximum absolute atomic E-state index is 4.82. The molecule has 114 valence electrons. The molecular weight excluding hydrogens is 268 g/mol. The maximum Gasteiger partial charge on any atom is 0.116 e. The fraction of sp³-hybridized carbons (Fsp3) is 0.350. The van der Waals surface area contributed by atoms with Gasteiger partial charge in [0.25, 0.3) is 0 Å². The van der Waals surface area contributed by atoms with Crippen LogP contribution in [0.2, 0.25) is 0 Å². The highest BCUT2D eigenvalue weighted by atomic mass is 15.1. The van der Waals surface area contributed by atoms with Gasteiger partial charge in [0.2, 0.25) is 0 Å². The van der Waals surface area contributed by atoms with Crippen LogP contribution in [0.5, 0.6) is 0 Å². The van der Waals surface area contributed by atoms with Crippen LogP contribution < -0.4 is 0 Å². The zero-order valence-corrected chi connectivity index (χ0v) is 13.9. The smallest absolute Gasteiger partial charge is 0.116 e. The highest BCUT2D eigenvalue weighted by Crippen LogP contribution is 2.26. The van der Waals surface area contributed by atoms with Crippen molar-refractivity contribution in [3.05, 3.63) is 65.5 Å². The van der Waals surface area contributed by atoms with E-state index in [1.807, 2.05) is 6.07 Å². The molecule has 22 heavy (non-hydrogen) atoms. The van der Waals surface area contributed by atoms with Gasteiger partial charge >= 0.3 is 0 Å². The van der Waals surface area contributed by atoms with Gasteiger partial charge in [0, 0.05) is 13.0 Å². The van der Waals surface area contributed by atoms with Gasteiger partial charge in [-0.05, 0) is 35.6 Å². The Balaban J connectivity index is 1.92. The fourth-order valence-electron chi connectivity index (χ4n) is 3.11. The lowest BCUT2D eigenvalue weighted by atomic mass is 9.96. The Bertz CT molecular complexity index is 766. The number of para-hydroxylation sites is 2. The number of rotatable bonds is 4. The van der Waals surface area contributed by atoms with E-state index < -0.39 is 0 Å². The largest absolute Gasteiger partial charge is 0.331 e.